The van der Waals surface area contributed by atoms with Crippen molar-refractivity contribution >= 4 is 5.91 Å². The molecule has 2 heterocycles. The van der Waals surface area contributed by atoms with E-state index in [0.29, 0.717) is 11.8 Å². The summed E-state index contributed by atoms with van der Waals surface area (Å²) < 4.78 is 8.47. The van der Waals surface area contributed by atoms with Crippen LogP contribution in [-0.2, 0) is 9.53 Å². The normalized spacial score (nSPS) is 34.8. The van der Waals surface area contributed by atoms with Crippen molar-refractivity contribution in [3.63, 3.8) is 0 Å². The van der Waals surface area contributed by atoms with Gasteiger partial charge in [-0.3, -0.25) is 4.79 Å². The van der Waals surface area contributed by atoms with Crippen molar-refractivity contribution in [3.05, 3.63) is 48.0 Å². The summed E-state index contributed by atoms with van der Waals surface area (Å²) in [6.45, 7) is 9.12. The van der Waals surface area contributed by atoms with Crippen molar-refractivity contribution in [2.24, 2.45) is 22.7 Å². The molecular formula is C24H31N3O2. The number of carbonyl (C=O) groups is 1. The smallest absolute Gasteiger partial charge is 0.217 e. The molecule has 1 saturated heterocycles. The third-order valence-corrected chi connectivity index (χ3v) is 8.18. The maximum Gasteiger partial charge on any atom is 0.217 e. The molecular weight excluding hydrogens is 362 g/mol. The number of rotatable bonds is 3. The number of imidazole rings is 1. The van der Waals surface area contributed by atoms with Crippen LogP contribution in [0.2, 0.25) is 0 Å². The molecule has 2 aliphatic carbocycles. The van der Waals surface area contributed by atoms with Crippen LogP contribution in [0.4, 0.5) is 0 Å². The number of benzene rings is 1. The Kier molecular flexibility index (Phi) is 4.18. The molecule has 5 atom stereocenters. The summed E-state index contributed by atoms with van der Waals surface area (Å²) in [7, 11) is 0. The van der Waals surface area contributed by atoms with E-state index < -0.39 is 0 Å². The molecule has 154 valence electrons. The molecule has 1 aromatic heterocycles. The van der Waals surface area contributed by atoms with E-state index in [9.17, 15) is 4.79 Å². The molecule has 1 spiro atoms. The summed E-state index contributed by atoms with van der Waals surface area (Å²) in [4.78, 5) is 16.3. The van der Waals surface area contributed by atoms with Crippen LogP contribution in [0.1, 0.15) is 57.5 Å². The lowest BCUT2D eigenvalue weighted by Gasteiger charge is -2.53. The van der Waals surface area contributed by atoms with Gasteiger partial charge in [0.2, 0.25) is 5.91 Å². The lowest BCUT2D eigenvalue weighted by molar-refractivity contribution is -0.135. The molecule has 0 unspecified atom stereocenters. The van der Waals surface area contributed by atoms with E-state index in [4.69, 9.17) is 4.74 Å². The fourth-order valence-electron chi connectivity index (χ4n) is 6.80. The largest absolute Gasteiger partial charge is 0.373 e. The second kappa shape index (κ2) is 6.43. The van der Waals surface area contributed by atoms with E-state index in [1.807, 2.05) is 19.3 Å². The summed E-state index contributed by atoms with van der Waals surface area (Å²) in [5.74, 6) is 2.18. The third kappa shape index (κ3) is 2.70. The zero-order valence-electron chi connectivity index (χ0n) is 17.8. The van der Waals surface area contributed by atoms with Crippen LogP contribution < -0.4 is 5.32 Å². The van der Waals surface area contributed by atoms with Gasteiger partial charge >= 0.3 is 0 Å². The average Bonchev–Trinajstić information content (AvgIpc) is 3.34. The van der Waals surface area contributed by atoms with Gasteiger partial charge in [-0.05, 0) is 66.5 Å². The Hall–Kier alpha value is -2.14. The molecule has 5 nitrogen and oxygen atoms in total. The average molecular weight is 394 g/mol. The third-order valence-electron chi connectivity index (χ3n) is 8.18. The van der Waals surface area contributed by atoms with Gasteiger partial charge in [-0.1, -0.05) is 26.0 Å². The summed E-state index contributed by atoms with van der Waals surface area (Å²) >= 11 is 0. The number of hydrogen-bond donors (Lipinski definition) is 1. The Morgan fingerprint density at radius 3 is 2.69 bits per heavy atom. The molecule has 1 amide bonds. The monoisotopic (exact) mass is 393 g/mol. The summed E-state index contributed by atoms with van der Waals surface area (Å²) in [6.07, 6.45) is 7.38. The Bertz CT molecular complexity index is 932. The number of aromatic nitrogens is 2. The predicted molar refractivity (Wildman–Crippen MR) is 112 cm³/mol. The molecule has 3 fully saturated rings. The second-order valence-corrected chi connectivity index (χ2v) is 9.91. The molecule has 29 heavy (non-hydrogen) atoms. The first kappa shape index (κ1) is 18.9. The van der Waals surface area contributed by atoms with Gasteiger partial charge in [-0.15, -0.1) is 0 Å². The maximum atomic E-state index is 12.0. The zero-order valence-corrected chi connectivity index (χ0v) is 17.8. The Morgan fingerprint density at radius 1 is 1.28 bits per heavy atom. The van der Waals surface area contributed by atoms with Gasteiger partial charge in [0.1, 0.15) is 5.82 Å². The van der Waals surface area contributed by atoms with Crippen molar-refractivity contribution in [1.29, 1.82) is 0 Å². The van der Waals surface area contributed by atoms with Gasteiger partial charge in [-0.25, -0.2) is 4.98 Å². The maximum absolute atomic E-state index is 12.0. The highest BCUT2D eigenvalue weighted by Crippen LogP contribution is 2.70. The van der Waals surface area contributed by atoms with Crippen LogP contribution in [0.5, 0.6) is 0 Å². The minimum absolute atomic E-state index is 0.0897. The zero-order chi connectivity index (χ0) is 20.4. The SMILES string of the molecule is CC(=O)N[C@H]1C(C)(C)[C@@H]2C[C@@H]3[C@@H](c4ccc(-n5ccnc5C)cc4)OCC[C@@]31C2. The number of aryl methyl sites for hydroxylation is 1. The number of nitrogens with zero attached hydrogens (tertiary/aromatic N) is 2. The first-order valence-electron chi connectivity index (χ1n) is 10.8. The van der Waals surface area contributed by atoms with Crippen LogP contribution in [0.15, 0.2) is 36.7 Å². The minimum Gasteiger partial charge on any atom is -0.373 e. The Balaban J connectivity index is 1.46. The quantitative estimate of drug-likeness (QED) is 0.850. The lowest BCUT2D eigenvalue weighted by Crippen LogP contribution is -2.58. The van der Waals surface area contributed by atoms with E-state index in [2.05, 4.69) is 53.0 Å². The first-order valence-corrected chi connectivity index (χ1v) is 10.8. The Labute approximate surface area is 172 Å². The van der Waals surface area contributed by atoms with Crippen LogP contribution in [0, 0.1) is 29.6 Å². The number of ether oxygens (including phenoxy) is 1. The van der Waals surface area contributed by atoms with Gasteiger partial charge < -0.3 is 14.6 Å². The highest BCUT2D eigenvalue weighted by Gasteiger charge is 2.68. The van der Waals surface area contributed by atoms with Gasteiger partial charge in [-0.2, -0.15) is 0 Å². The summed E-state index contributed by atoms with van der Waals surface area (Å²) in [5, 5.41) is 3.35. The molecule has 2 bridgehead atoms. The number of carbonyl (C=O) groups excluding carboxylic acids is 1. The molecule has 1 aliphatic heterocycles. The topological polar surface area (TPSA) is 56.2 Å². The number of fused-ring (bicyclic) bond motifs is 1. The van der Waals surface area contributed by atoms with Gasteiger partial charge in [0.05, 0.1) is 6.10 Å². The van der Waals surface area contributed by atoms with Gasteiger partial charge in [0.15, 0.2) is 0 Å². The predicted octanol–water partition coefficient (Wildman–Crippen LogP) is 4.20. The van der Waals surface area contributed by atoms with Gasteiger partial charge in [0, 0.05) is 37.7 Å². The van der Waals surface area contributed by atoms with Crippen LogP contribution in [-0.4, -0.2) is 28.1 Å². The molecule has 1 N–H and O–H groups in total. The van der Waals surface area contributed by atoms with Crippen LogP contribution in [0.3, 0.4) is 0 Å². The number of amides is 1. The van der Waals surface area contributed by atoms with Crippen molar-refractivity contribution in [2.45, 2.75) is 59.1 Å². The highest BCUT2D eigenvalue weighted by molar-refractivity contribution is 5.73. The standard InChI is InChI=1S/C24H31N3O2/c1-15-25-10-11-27(15)19-7-5-17(6-8-19)21-20-13-18-14-24(20,9-12-29-21)22(23(18,3)4)26-16(2)28/h5-8,10-11,18,20-22H,9,12-14H2,1-4H3,(H,26,28)/t18-,20-,21-,22+,24-/m1/s1. The molecule has 1 aromatic carbocycles. The van der Waals surface area contributed by atoms with E-state index in [-0.39, 0.29) is 28.9 Å². The second-order valence-electron chi connectivity index (χ2n) is 9.91. The number of nitrogens with one attached hydrogen (secondary N) is 1. The van der Waals surface area contributed by atoms with Crippen molar-refractivity contribution in [3.8, 4) is 5.69 Å². The van der Waals surface area contributed by atoms with E-state index in [1.54, 1.807) is 6.92 Å². The van der Waals surface area contributed by atoms with E-state index in [0.717, 1.165) is 24.5 Å². The highest BCUT2D eigenvalue weighted by atomic mass is 16.5. The summed E-state index contributed by atoms with van der Waals surface area (Å²) in [5.41, 5.74) is 2.68. The van der Waals surface area contributed by atoms with Crippen molar-refractivity contribution < 1.29 is 9.53 Å². The van der Waals surface area contributed by atoms with Crippen LogP contribution in [0.25, 0.3) is 5.69 Å². The molecule has 3 aliphatic rings. The summed E-state index contributed by atoms with van der Waals surface area (Å²) in [6, 6.07) is 8.98. The molecule has 0 radical (unpaired) electrons. The fourth-order valence-corrected chi connectivity index (χ4v) is 6.80. The first-order chi connectivity index (χ1) is 13.8. The molecule has 5 rings (SSSR count). The van der Waals surface area contributed by atoms with Gasteiger partial charge in [0.25, 0.3) is 0 Å². The van der Waals surface area contributed by atoms with Crippen LogP contribution >= 0.6 is 0 Å². The molecule has 2 aromatic rings. The van der Waals surface area contributed by atoms with E-state index >= 15 is 0 Å². The Morgan fingerprint density at radius 2 is 2.03 bits per heavy atom. The molecule has 5 heteroatoms. The fraction of sp³-hybridized carbons (Fsp3) is 0.583. The van der Waals surface area contributed by atoms with Crippen molar-refractivity contribution in [1.82, 2.24) is 14.9 Å². The minimum atomic E-state index is 0.0897. The number of hydrogen-bond acceptors (Lipinski definition) is 3. The van der Waals surface area contributed by atoms with E-state index in [1.165, 1.54) is 18.4 Å². The van der Waals surface area contributed by atoms with Crippen molar-refractivity contribution in [2.75, 3.05) is 6.61 Å². The lowest BCUT2D eigenvalue weighted by atomic mass is 9.59. The molecule has 2 saturated carbocycles.